The lowest BCUT2D eigenvalue weighted by atomic mass is 10.2. The van der Waals surface area contributed by atoms with Gasteiger partial charge in [0.15, 0.2) is 5.82 Å². The topological polar surface area (TPSA) is 50.8 Å². The van der Waals surface area contributed by atoms with Crippen LogP contribution in [0.1, 0.15) is 6.92 Å². The molecule has 2 aromatic rings. The zero-order valence-corrected chi connectivity index (χ0v) is 10.8. The van der Waals surface area contributed by atoms with Crippen LogP contribution in [0.2, 0.25) is 0 Å². The van der Waals surface area contributed by atoms with Gasteiger partial charge in [-0.1, -0.05) is 23.9 Å². The predicted molar refractivity (Wildman–Crippen MR) is 69.0 cm³/mol. The zero-order valence-electron chi connectivity index (χ0n) is 10.0. The number of benzene rings is 1. The Hall–Kier alpha value is -1.40. The summed E-state index contributed by atoms with van der Waals surface area (Å²) in [5.41, 5.74) is 0.432. The molecule has 0 aliphatic heterocycles. The van der Waals surface area contributed by atoms with Crippen LogP contribution in [-0.4, -0.2) is 34.1 Å². The van der Waals surface area contributed by atoms with Crippen LogP contribution in [0.25, 0.3) is 11.4 Å². The van der Waals surface area contributed by atoms with E-state index in [1.807, 2.05) is 6.92 Å². The Labute approximate surface area is 109 Å². The summed E-state index contributed by atoms with van der Waals surface area (Å²) >= 11 is 1.48. The minimum atomic E-state index is -0.306. The smallest absolute Gasteiger partial charge is 0.208 e. The van der Waals surface area contributed by atoms with Gasteiger partial charge in [0.2, 0.25) is 5.16 Å². The van der Waals surface area contributed by atoms with Gasteiger partial charge in [-0.25, -0.2) is 9.37 Å². The number of thioether (sulfide) groups is 1. The first-order chi connectivity index (χ1) is 8.81. The number of aromatic nitrogens is 3. The Morgan fingerprint density at radius 1 is 1.39 bits per heavy atom. The fourth-order valence-corrected chi connectivity index (χ4v) is 2.07. The average Bonchev–Trinajstić information content (AvgIpc) is 2.84. The van der Waals surface area contributed by atoms with Crippen LogP contribution in [-0.2, 0) is 4.74 Å². The van der Waals surface area contributed by atoms with Crippen molar-refractivity contribution in [3.63, 3.8) is 0 Å². The molecule has 4 nitrogen and oxygen atoms in total. The zero-order chi connectivity index (χ0) is 12.8. The fraction of sp³-hybridized carbons (Fsp3) is 0.333. The quantitative estimate of drug-likeness (QED) is 0.646. The van der Waals surface area contributed by atoms with Gasteiger partial charge in [0.25, 0.3) is 0 Å². The highest BCUT2D eigenvalue weighted by molar-refractivity contribution is 7.99. The van der Waals surface area contributed by atoms with Gasteiger partial charge in [-0.2, -0.15) is 0 Å². The molecule has 1 aromatic heterocycles. The van der Waals surface area contributed by atoms with Crippen molar-refractivity contribution in [2.45, 2.75) is 12.1 Å². The summed E-state index contributed by atoms with van der Waals surface area (Å²) in [5.74, 6) is 0.925. The molecule has 0 atom stereocenters. The molecule has 0 saturated carbocycles. The van der Waals surface area contributed by atoms with Crippen LogP contribution in [0.4, 0.5) is 4.39 Å². The van der Waals surface area contributed by atoms with Crippen molar-refractivity contribution in [2.24, 2.45) is 0 Å². The third-order valence-corrected chi connectivity index (χ3v) is 3.07. The Kier molecular flexibility index (Phi) is 4.72. The van der Waals surface area contributed by atoms with Crippen molar-refractivity contribution >= 4 is 11.8 Å². The average molecular weight is 267 g/mol. The molecule has 0 aliphatic rings. The van der Waals surface area contributed by atoms with Crippen molar-refractivity contribution in [1.82, 2.24) is 15.2 Å². The first kappa shape index (κ1) is 13.0. The monoisotopic (exact) mass is 267 g/mol. The summed E-state index contributed by atoms with van der Waals surface area (Å²) in [6, 6.07) is 6.49. The minimum Gasteiger partial charge on any atom is -0.381 e. The highest BCUT2D eigenvalue weighted by Gasteiger charge is 2.09. The van der Waals surface area contributed by atoms with E-state index in [1.165, 1.54) is 17.8 Å². The highest BCUT2D eigenvalue weighted by Crippen LogP contribution is 2.21. The lowest BCUT2D eigenvalue weighted by Crippen LogP contribution is -1.96. The largest absolute Gasteiger partial charge is 0.381 e. The summed E-state index contributed by atoms with van der Waals surface area (Å²) < 4.78 is 18.7. The molecule has 0 fully saturated rings. The summed E-state index contributed by atoms with van der Waals surface area (Å²) in [6.07, 6.45) is 0. The first-order valence-corrected chi connectivity index (χ1v) is 6.67. The summed E-state index contributed by atoms with van der Waals surface area (Å²) in [6.45, 7) is 3.31. The molecule has 0 radical (unpaired) electrons. The van der Waals surface area contributed by atoms with Crippen LogP contribution in [0.5, 0.6) is 0 Å². The first-order valence-electron chi connectivity index (χ1n) is 5.69. The molecule has 0 amide bonds. The van der Waals surface area contributed by atoms with Gasteiger partial charge in [0.1, 0.15) is 5.82 Å². The number of ether oxygens (including phenoxy) is 1. The van der Waals surface area contributed by atoms with Crippen molar-refractivity contribution in [1.29, 1.82) is 0 Å². The van der Waals surface area contributed by atoms with Gasteiger partial charge < -0.3 is 4.74 Å². The van der Waals surface area contributed by atoms with E-state index < -0.39 is 0 Å². The normalized spacial score (nSPS) is 10.8. The van der Waals surface area contributed by atoms with Crippen LogP contribution in [0, 0.1) is 5.82 Å². The van der Waals surface area contributed by atoms with E-state index in [2.05, 4.69) is 15.2 Å². The van der Waals surface area contributed by atoms with E-state index in [0.717, 1.165) is 5.75 Å². The third kappa shape index (κ3) is 3.30. The molecule has 0 saturated heterocycles. The van der Waals surface area contributed by atoms with E-state index in [1.54, 1.807) is 18.2 Å². The number of nitrogens with one attached hydrogen (secondary N) is 1. The Morgan fingerprint density at radius 3 is 3.00 bits per heavy atom. The molecule has 0 bridgehead atoms. The number of hydrogen-bond donors (Lipinski definition) is 1. The fourth-order valence-electron chi connectivity index (χ4n) is 1.42. The van der Waals surface area contributed by atoms with E-state index in [-0.39, 0.29) is 5.82 Å². The third-order valence-electron chi connectivity index (χ3n) is 2.26. The number of hydrogen-bond acceptors (Lipinski definition) is 4. The Bertz CT molecular complexity index is 504. The number of H-pyrrole nitrogens is 1. The van der Waals surface area contributed by atoms with E-state index in [4.69, 9.17) is 4.74 Å². The molecular formula is C12H14FN3OS. The molecule has 0 spiro atoms. The van der Waals surface area contributed by atoms with E-state index >= 15 is 0 Å². The summed E-state index contributed by atoms with van der Waals surface area (Å²) in [7, 11) is 0. The lowest BCUT2D eigenvalue weighted by Gasteiger charge is -1.97. The maximum atomic E-state index is 13.5. The molecule has 1 N–H and O–H groups in total. The lowest BCUT2D eigenvalue weighted by molar-refractivity contribution is 0.164. The van der Waals surface area contributed by atoms with Crippen LogP contribution in [0.3, 0.4) is 0 Å². The molecule has 1 aromatic carbocycles. The van der Waals surface area contributed by atoms with Crippen LogP contribution >= 0.6 is 11.8 Å². The second kappa shape index (κ2) is 6.51. The Balaban J connectivity index is 2.00. The SMILES string of the molecule is CCOCCSc1n[nH]c(-c2ccccc2F)n1. The van der Waals surface area contributed by atoms with Crippen molar-refractivity contribution < 1.29 is 9.13 Å². The van der Waals surface area contributed by atoms with Gasteiger partial charge >= 0.3 is 0 Å². The van der Waals surface area contributed by atoms with Gasteiger partial charge in [0, 0.05) is 12.4 Å². The maximum Gasteiger partial charge on any atom is 0.208 e. The van der Waals surface area contributed by atoms with Gasteiger partial charge in [0.05, 0.1) is 12.2 Å². The van der Waals surface area contributed by atoms with Crippen molar-refractivity contribution in [2.75, 3.05) is 19.0 Å². The molecule has 1 heterocycles. The number of halogens is 1. The second-order valence-corrected chi connectivity index (χ2v) is 4.55. The number of nitrogens with zero attached hydrogens (tertiary/aromatic N) is 2. The summed E-state index contributed by atoms with van der Waals surface area (Å²) in [5, 5.41) is 7.38. The molecular weight excluding hydrogens is 253 g/mol. The number of aromatic amines is 1. The molecule has 18 heavy (non-hydrogen) atoms. The number of rotatable bonds is 6. The molecule has 0 unspecified atom stereocenters. The second-order valence-electron chi connectivity index (χ2n) is 3.49. The van der Waals surface area contributed by atoms with Gasteiger partial charge in [-0.3, -0.25) is 5.10 Å². The summed E-state index contributed by atoms with van der Waals surface area (Å²) in [4.78, 5) is 4.24. The van der Waals surface area contributed by atoms with Crippen LogP contribution in [0.15, 0.2) is 29.4 Å². The Morgan fingerprint density at radius 2 is 2.22 bits per heavy atom. The molecule has 6 heteroatoms. The van der Waals surface area contributed by atoms with E-state index in [0.29, 0.717) is 29.8 Å². The predicted octanol–water partition coefficient (Wildman–Crippen LogP) is 2.74. The van der Waals surface area contributed by atoms with Crippen molar-refractivity contribution in [3.8, 4) is 11.4 Å². The maximum absolute atomic E-state index is 13.5. The molecule has 96 valence electrons. The molecule has 2 rings (SSSR count). The van der Waals surface area contributed by atoms with Gasteiger partial charge in [-0.05, 0) is 19.1 Å². The van der Waals surface area contributed by atoms with E-state index in [9.17, 15) is 4.39 Å². The van der Waals surface area contributed by atoms with Crippen molar-refractivity contribution in [3.05, 3.63) is 30.1 Å². The highest BCUT2D eigenvalue weighted by atomic mass is 32.2. The van der Waals surface area contributed by atoms with Gasteiger partial charge in [-0.15, -0.1) is 5.10 Å². The molecule has 0 aliphatic carbocycles. The standard InChI is InChI=1S/C12H14FN3OS/c1-2-17-7-8-18-12-14-11(15-16-12)9-5-3-4-6-10(9)13/h3-6H,2,7-8H2,1H3,(H,14,15,16). The van der Waals surface area contributed by atoms with Crippen LogP contribution < -0.4 is 0 Å². The minimum absolute atomic E-state index is 0.306.